The van der Waals surface area contributed by atoms with Gasteiger partial charge in [-0.05, 0) is 18.2 Å². The Balaban J connectivity index is 2.57. The molecule has 2 nitrogen and oxygen atoms in total. The number of benzene rings is 1. The number of ether oxygens (including phenoxy) is 1. The second-order valence-electron chi connectivity index (χ2n) is 3.60. The van der Waals surface area contributed by atoms with E-state index in [0.717, 1.165) is 12.1 Å². The van der Waals surface area contributed by atoms with E-state index in [1.165, 1.54) is 6.07 Å². The molecule has 1 aromatic carbocycles. The van der Waals surface area contributed by atoms with Crippen molar-refractivity contribution in [2.75, 3.05) is 13.2 Å². The van der Waals surface area contributed by atoms with Crippen LogP contribution >= 0.6 is 11.6 Å². The minimum atomic E-state index is -4.35. The van der Waals surface area contributed by atoms with Crippen LogP contribution < -0.4 is 0 Å². The van der Waals surface area contributed by atoms with E-state index in [4.69, 9.17) is 11.6 Å². The van der Waals surface area contributed by atoms with Crippen LogP contribution in [0.15, 0.2) is 18.2 Å². The summed E-state index contributed by atoms with van der Waals surface area (Å²) in [5.41, 5.74) is -0.412. The maximum atomic E-state index is 13.3. The maximum Gasteiger partial charge on any atom is 0.330 e. The minimum absolute atomic E-state index is 0.0548. The van der Waals surface area contributed by atoms with Crippen LogP contribution in [0.2, 0.25) is 5.02 Å². The standard InChI is InChI=1S/C11H8ClF5O2/c12-6-1-2-7(8(13)3-6)9(18)4-19-5-11(16,17)10(14)15/h1-3,10H,4-5H2. The first-order valence-electron chi connectivity index (χ1n) is 4.96. The van der Waals surface area contributed by atoms with E-state index in [1.54, 1.807) is 0 Å². The molecule has 0 N–H and O–H groups in total. The molecular formula is C11H8ClF5O2. The van der Waals surface area contributed by atoms with Crippen LogP contribution in [0.3, 0.4) is 0 Å². The number of alkyl halides is 4. The second-order valence-corrected chi connectivity index (χ2v) is 4.04. The molecule has 0 saturated carbocycles. The van der Waals surface area contributed by atoms with Crippen molar-refractivity contribution in [3.05, 3.63) is 34.6 Å². The van der Waals surface area contributed by atoms with E-state index >= 15 is 0 Å². The summed E-state index contributed by atoms with van der Waals surface area (Å²) in [5, 5.41) is 0.0548. The molecule has 1 rings (SSSR count). The predicted molar refractivity (Wildman–Crippen MR) is 57.5 cm³/mol. The molecule has 0 atom stereocenters. The highest BCUT2D eigenvalue weighted by atomic mass is 35.5. The van der Waals surface area contributed by atoms with Gasteiger partial charge < -0.3 is 4.74 Å². The third-order valence-electron chi connectivity index (χ3n) is 2.08. The Kier molecular flexibility index (Phi) is 5.25. The highest BCUT2D eigenvalue weighted by Crippen LogP contribution is 2.23. The van der Waals surface area contributed by atoms with Crippen molar-refractivity contribution in [1.82, 2.24) is 0 Å². The number of ketones is 1. The maximum absolute atomic E-state index is 13.3. The molecule has 0 aliphatic rings. The summed E-state index contributed by atoms with van der Waals surface area (Å²) >= 11 is 5.46. The Hall–Kier alpha value is -1.21. The van der Waals surface area contributed by atoms with Gasteiger partial charge >= 0.3 is 12.3 Å². The number of Topliss-reactive ketones (excluding diaryl/α,β-unsaturated/α-hetero) is 1. The lowest BCUT2D eigenvalue weighted by atomic mass is 10.1. The Bertz CT molecular complexity index is 464. The summed E-state index contributed by atoms with van der Waals surface area (Å²) in [5.74, 6) is -6.24. The largest absolute Gasteiger partial charge is 0.367 e. The Labute approximate surface area is 110 Å². The molecule has 0 fully saturated rings. The average Bonchev–Trinajstić information content (AvgIpc) is 2.28. The summed E-state index contributed by atoms with van der Waals surface area (Å²) in [6, 6.07) is 3.14. The zero-order chi connectivity index (χ0) is 14.6. The topological polar surface area (TPSA) is 26.3 Å². The first kappa shape index (κ1) is 15.8. The van der Waals surface area contributed by atoms with E-state index in [9.17, 15) is 26.7 Å². The molecule has 0 aliphatic heterocycles. The fraction of sp³-hybridized carbons (Fsp3) is 0.364. The summed E-state index contributed by atoms with van der Waals surface area (Å²) in [4.78, 5) is 11.4. The van der Waals surface area contributed by atoms with Gasteiger partial charge in [0.15, 0.2) is 5.78 Å². The summed E-state index contributed by atoms with van der Waals surface area (Å²) in [6.45, 7) is -2.55. The van der Waals surface area contributed by atoms with Gasteiger partial charge in [-0.2, -0.15) is 8.78 Å². The van der Waals surface area contributed by atoms with E-state index in [-0.39, 0.29) is 5.02 Å². The number of hydrogen-bond donors (Lipinski definition) is 0. The molecule has 0 spiro atoms. The van der Waals surface area contributed by atoms with E-state index < -0.39 is 42.7 Å². The molecule has 0 heterocycles. The van der Waals surface area contributed by atoms with E-state index in [0.29, 0.717) is 0 Å². The molecule has 0 bridgehead atoms. The number of hydrogen-bond acceptors (Lipinski definition) is 2. The smallest absolute Gasteiger partial charge is 0.330 e. The quantitative estimate of drug-likeness (QED) is 0.593. The van der Waals surface area contributed by atoms with Crippen molar-refractivity contribution < 1.29 is 31.5 Å². The third-order valence-corrected chi connectivity index (χ3v) is 2.31. The number of halogens is 6. The highest BCUT2D eigenvalue weighted by Gasteiger charge is 2.41. The fourth-order valence-electron chi connectivity index (χ4n) is 1.14. The van der Waals surface area contributed by atoms with E-state index in [1.807, 2.05) is 0 Å². The molecule has 0 aromatic heterocycles. The molecule has 0 aliphatic carbocycles. The lowest BCUT2D eigenvalue weighted by molar-refractivity contribution is -0.163. The van der Waals surface area contributed by atoms with Gasteiger partial charge in [0, 0.05) is 5.02 Å². The Morgan fingerprint density at radius 3 is 2.53 bits per heavy atom. The Morgan fingerprint density at radius 1 is 1.37 bits per heavy atom. The normalized spacial score (nSPS) is 11.9. The van der Waals surface area contributed by atoms with Crippen molar-refractivity contribution in [1.29, 1.82) is 0 Å². The van der Waals surface area contributed by atoms with Crippen LogP contribution in [0.25, 0.3) is 0 Å². The molecule has 0 amide bonds. The summed E-state index contributed by atoms with van der Waals surface area (Å²) in [6.07, 6.45) is -3.89. The molecule has 19 heavy (non-hydrogen) atoms. The van der Waals surface area contributed by atoms with Crippen molar-refractivity contribution >= 4 is 17.4 Å². The van der Waals surface area contributed by atoms with Gasteiger partial charge in [-0.15, -0.1) is 0 Å². The number of carbonyl (C=O) groups is 1. The van der Waals surface area contributed by atoms with Crippen LogP contribution in [-0.4, -0.2) is 31.3 Å². The minimum Gasteiger partial charge on any atom is -0.367 e. The van der Waals surface area contributed by atoms with Crippen molar-refractivity contribution in [2.24, 2.45) is 0 Å². The first-order valence-corrected chi connectivity index (χ1v) is 5.34. The lowest BCUT2D eigenvalue weighted by Gasteiger charge is -2.14. The van der Waals surface area contributed by atoms with E-state index in [2.05, 4.69) is 4.74 Å². The van der Waals surface area contributed by atoms with Gasteiger partial charge in [0.2, 0.25) is 0 Å². The van der Waals surface area contributed by atoms with Gasteiger partial charge in [-0.3, -0.25) is 4.79 Å². The summed E-state index contributed by atoms with van der Waals surface area (Å²) in [7, 11) is 0. The van der Waals surface area contributed by atoms with Crippen LogP contribution in [0.5, 0.6) is 0 Å². The van der Waals surface area contributed by atoms with Crippen molar-refractivity contribution in [3.8, 4) is 0 Å². The lowest BCUT2D eigenvalue weighted by Crippen LogP contribution is -2.33. The van der Waals surface area contributed by atoms with Gasteiger partial charge in [0.05, 0.1) is 5.56 Å². The van der Waals surface area contributed by atoms with Gasteiger partial charge in [0.25, 0.3) is 0 Å². The Morgan fingerprint density at radius 2 is 2.00 bits per heavy atom. The van der Waals surface area contributed by atoms with Crippen molar-refractivity contribution in [3.63, 3.8) is 0 Å². The SMILES string of the molecule is O=C(COCC(F)(F)C(F)F)c1ccc(Cl)cc1F. The molecule has 1 aromatic rings. The highest BCUT2D eigenvalue weighted by molar-refractivity contribution is 6.30. The second kappa shape index (κ2) is 6.29. The van der Waals surface area contributed by atoms with Gasteiger partial charge in [-0.1, -0.05) is 11.6 Å². The summed E-state index contributed by atoms with van der Waals surface area (Å²) < 4.78 is 65.9. The van der Waals surface area contributed by atoms with Crippen LogP contribution in [0.4, 0.5) is 22.0 Å². The number of rotatable bonds is 6. The fourth-order valence-corrected chi connectivity index (χ4v) is 1.29. The molecule has 0 unspecified atom stereocenters. The molecule has 0 radical (unpaired) electrons. The third kappa shape index (κ3) is 4.43. The van der Waals surface area contributed by atoms with Crippen LogP contribution in [-0.2, 0) is 4.74 Å². The molecule has 106 valence electrons. The zero-order valence-electron chi connectivity index (χ0n) is 9.31. The molecule has 0 saturated heterocycles. The van der Waals surface area contributed by atoms with Gasteiger partial charge in [0.1, 0.15) is 19.0 Å². The predicted octanol–water partition coefficient (Wildman–Crippen LogP) is 3.58. The monoisotopic (exact) mass is 302 g/mol. The van der Waals surface area contributed by atoms with Crippen LogP contribution in [0, 0.1) is 5.82 Å². The molecular weight excluding hydrogens is 295 g/mol. The molecule has 8 heteroatoms. The van der Waals surface area contributed by atoms with Gasteiger partial charge in [-0.25, -0.2) is 13.2 Å². The van der Waals surface area contributed by atoms with Crippen LogP contribution in [0.1, 0.15) is 10.4 Å². The zero-order valence-corrected chi connectivity index (χ0v) is 10.1. The average molecular weight is 303 g/mol. The first-order chi connectivity index (χ1) is 8.74. The number of carbonyl (C=O) groups excluding carboxylic acids is 1. The van der Waals surface area contributed by atoms with Crippen molar-refractivity contribution in [2.45, 2.75) is 12.3 Å².